The maximum atomic E-state index is 5.99. The summed E-state index contributed by atoms with van der Waals surface area (Å²) >= 11 is 7.69. The van der Waals surface area contributed by atoms with E-state index in [1.807, 2.05) is 11.4 Å². The van der Waals surface area contributed by atoms with Crippen molar-refractivity contribution in [2.45, 2.75) is 20.8 Å². The van der Waals surface area contributed by atoms with Gasteiger partial charge in [-0.15, -0.1) is 11.3 Å². The maximum absolute atomic E-state index is 5.99. The van der Waals surface area contributed by atoms with Gasteiger partial charge in [-0.1, -0.05) is 31.5 Å². The molecule has 0 aliphatic carbocycles. The second kappa shape index (κ2) is 4.11. The molecule has 0 atom stereocenters. The van der Waals surface area contributed by atoms with E-state index in [0.717, 1.165) is 5.02 Å². The Hall–Kier alpha value is -0.270. The highest BCUT2D eigenvalue weighted by Gasteiger charge is 2.03. The summed E-state index contributed by atoms with van der Waals surface area (Å²) in [6.45, 7) is 6.45. The summed E-state index contributed by atoms with van der Waals surface area (Å²) in [6.07, 6.45) is 2.23. The Morgan fingerprint density at radius 2 is 2.25 bits per heavy atom. The molecular weight excluding hydrogens is 188 g/mol. The molecule has 1 heterocycles. The monoisotopic (exact) mass is 200 g/mol. The molecule has 0 saturated carbocycles. The summed E-state index contributed by atoms with van der Waals surface area (Å²) < 4.78 is 0. The molecule has 1 aromatic rings. The molecule has 0 N–H and O–H groups in total. The average Bonchev–Trinajstić information content (AvgIpc) is 2.33. The first kappa shape index (κ1) is 9.82. The first-order valence-electron chi connectivity index (χ1n) is 4.03. The quantitative estimate of drug-likeness (QED) is 0.661. The number of thiophene rings is 1. The normalized spacial score (nSPS) is 12.6. The topological polar surface area (TPSA) is 0 Å². The second-order valence-electron chi connectivity index (χ2n) is 3.19. The van der Waals surface area contributed by atoms with E-state index in [9.17, 15) is 0 Å². The Morgan fingerprint density at radius 1 is 1.58 bits per heavy atom. The second-order valence-corrected chi connectivity index (χ2v) is 4.51. The van der Waals surface area contributed by atoms with E-state index in [0.29, 0.717) is 5.92 Å². The lowest BCUT2D eigenvalue weighted by Crippen LogP contribution is -1.81. The van der Waals surface area contributed by atoms with E-state index in [-0.39, 0.29) is 0 Å². The minimum Gasteiger partial charge on any atom is -0.143 e. The van der Waals surface area contributed by atoms with E-state index < -0.39 is 0 Å². The van der Waals surface area contributed by atoms with Crippen molar-refractivity contribution >= 4 is 28.5 Å². The SMILES string of the molecule is C/C(=C\C(C)C)c1sccc1Cl. The fraction of sp³-hybridized carbons (Fsp3) is 0.400. The van der Waals surface area contributed by atoms with E-state index >= 15 is 0 Å². The molecular formula is C10H13ClS. The third kappa shape index (κ3) is 2.36. The molecule has 0 nitrogen and oxygen atoms in total. The van der Waals surface area contributed by atoms with Crippen molar-refractivity contribution < 1.29 is 0 Å². The minimum absolute atomic E-state index is 0.586. The molecule has 0 aliphatic heterocycles. The zero-order chi connectivity index (χ0) is 9.14. The van der Waals surface area contributed by atoms with Crippen molar-refractivity contribution in [3.63, 3.8) is 0 Å². The summed E-state index contributed by atoms with van der Waals surface area (Å²) in [7, 11) is 0. The van der Waals surface area contributed by atoms with Crippen LogP contribution < -0.4 is 0 Å². The maximum Gasteiger partial charge on any atom is 0.0588 e. The third-order valence-electron chi connectivity index (χ3n) is 1.56. The van der Waals surface area contributed by atoms with Gasteiger partial charge in [0.1, 0.15) is 0 Å². The van der Waals surface area contributed by atoms with Crippen LogP contribution in [0.25, 0.3) is 5.57 Å². The predicted molar refractivity (Wildman–Crippen MR) is 57.8 cm³/mol. The fourth-order valence-corrected chi connectivity index (χ4v) is 2.35. The number of rotatable bonds is 2. The van der Waals surface area contributed by atoms with Gasteiger partial charge in [0.15, 0.2) is 0 Å². The van der Waals surface area contributed by atoms with Crippen molar-refractivity contribution in [1.29, 1.82) is 0 Å². The molecule has 0 radical (unpaired) electrons. The highest BCUT2D eigenvalue weighted by Crippen LogP contribution is 2.29. The van der Waals surface area contributed by atoms with Gasteiger partial charge in [0.25, 0.3) is 0 Å². The van der Waals surface area contributed by atoms with Gasteiger partial charge < -0.3 is 0 Å². The van der Waals surface area contributed by atoms with E-state index in [1.165, 1.54) is 10.5 Å². The van der Waals surface area contributed by atoms with Crippen molar-refractivity contribution in [2.75, 3.05) is 0 Å². The molecule has 0 spiro atoms. The molecule has 12 heavy (non-hydrogen) atoms. The van der Waals surface area contributed by atoms with Crippen LogP contribution in [0, 0.1) is 5.92 Å². The van der Waals surface area contributed by atoms with Crippen LogP contribution in [0.15, 0.2) is 17.5 Å². The standard InChI is InChI=1S/C10H13ClS/c1-7(2)6-8(3)10-9(11)4-5-12-10/h4-7H,1-3H3/b8-6+. The Balaban J connectivity index is 2.92. The summed E-state index contributed by atoms with van der Waals surface area (Å²) in [5, 5.41) is 2.89. The number of hydrogen-bond acceptors (Lipinski definition) is 1. The Bertz CT molecular complexity index is 284. The Kier molecular flexibility index (Phi) is 3.36. The van der Waals surface area contributed by atoms with Gasteiger partial charge in [-0.05, 0) is 29.9 Å². The van der Waals surface area contributed by atoms with E-state index in [4.69, 9.17) is 11.6 Å². The van der Waals surface area contributed by atoms with Crippen molar-refractivity contribution in [1.82, 2.24) is 0 Å². The number of allylic oxidation sites excluding steroid dienone is 2. The first-order valence-corrected chi connectivity index (χ1v) is 5.29. The van der Waals surface area contributed by atoms with Crippen LogP contribution in [-0.4, -0.2) is 0 Å². The Morgan fingerprint density at radius 3 is 2.67 bits per heavy atom. The van der Waals surface area contributed by atoms with Crippen molar-refractivity contribution in [2.24, 2.45) is 5.92 Å². The van der Waals surface area contributed by atoms with Gasteiger partial charge in [0.2, 0.25) is 0 Å². The summed E-state index contributed by atoms with van der Waals surface area (Å²) in [5.41, 5.74) is 1.28. The summed E-state index contributed by atoms with van der Waals surface area (Å²) in [5.74, 6) is 0.586. The van der Waals surface area contributed by atoms with Gasteiger partial charge >= 0.3 is 0 Å². The van der Waals surface area contributed by atoms with Crippen LogP contribution in [0.4, 0.5) is 0 Å². The van der Waals surface area contributed by atoms with Crippen LogP contribution in [0.3, 0.4) is 0 Å². The largest absolute Gasteiger partial charge is 0.143 e. The lowest BCUT2D eigenvalue weighted by atomic mass is 10.1. The molecule has 2 heteroatoms. The van der Waals surface area contributed by atoms with Crippen LogP contribution >= 0.6 is 22.9 Å². The molecule has 0 fully saturated rings. The lowest BCUT2D eigenvalue weighted by molar-refractivity contribution is 0.833. The zero-order valence-electron chi connectivity index (χ0n) is 7.60. The van der Waals surface area contributed by atoms with Gasteiger partial charge in [-0.2, -0.15) is 0 Å². The zero-order valence-corrected chi connectivity index (χ0v) is 9.17. The number of halogens is 1. The molecule has 0 bridgehead atoms. The molecule has 66 valence electrons. The number of hydrogen-bond donors (Lipinski definition) is 0. The highest BCUT2D eigenvalue weighted by molar-refractivity contribution is 7.11. The first-order chi connectivity index (χ1) is 5.61. The highest BCUT2D eigenvalue weighted by atomic mass is 35.5. The molecule has 0 aromatic carbocycles. The lowest BCUT2D eigenvalue weighted by Gasteiger charge is -2.00. The van der Waals surface area contributed by atoms with Gasteiger partial charge in [0.05, 0.1) is 5.02 Å². The summed E-state index contributed by atoms with van der Waals surface area (Å²) in [6, 6.07) is 1.94. The molecule has 0 unspecified atom stereocenters. The van der Waals surface area contributed by atoms with Crippen LogP contribution in [0.1, 0.15) is 25.6 Å². The summed E-state index contributed by atoms with van der Waals surface area (Å²) in [4.78, 5) is 1.20. The van der Waals surface area contributed by atoms with Gasteiger partial charge in [-0.25, -0.2) is 0 Å². The van der Waals surface area contributed by atoms with Gasteiger partial charge in [-0.3, -0.25) is 0 Å². The fourth-order valence-electron chi connectivity index (χ4n) is 1.15. The van der Waals surface area contributed by atoms with Crippen LogP contribution in [-0.2, 0) is 0 Å². The van der Waals surface area contributed by atoms with E-state index in [1.54, 1.807) is 11.3 Å². The minimum atomic E-state index is 0.586. The smallest absolute Gasteiger partial charge is 0.0588 e. The molecule has 0 amide bonds. The van der Waals surface area contributed by atoms with Crippen LogP contribution in [0.5, 0.6) is 0 Å². The Labute approximate surface area is 82.9 Å². The van der Waals surface area contributed by atoms with Gasteiger partial charge in [0, 0.05) is 4.88 Å². The third-order valence-corrected chi connectivity index (χ3v) is 3.04. The molecule has 1 rings (SSSR count). The average molecular weight is 201 g/mol. The van der Waals surface area contributed by atoms with Crippen molar-refractivity contribution in [3.05, 3.63) is 27.4 Å². The molecule has 0 aliphatic rings. The molecule has 1 aromatic heterocycles. The van der Waals surface area contributed by atoms with Crippen molar-refractivity contribution in [3.8, 4) is 0 Å². The molecule has 0 saturated heterocycles. The predicted octanol–water partition coefficient (Wildman–Crippen LogP) is 4.46. The van der Waals surface area contributed by atoms with Crippen LogP contribution in [0.2, 0.25) is 5.02 Å². The van der Waals surface area contributed by atoms with E-state index in [2.05, 4.69) is 26.8 Å².